The molecule has 110 valence electrons. The van der Waals surface area contributed by atoms with Crippen LogP contribution in [0.5, 0.6) is 5.75 Å². The van der Waals surface area contributed by atoms with E-state index in [1.807, 2.05) is 16.7 Å². The number of hydrogen-bond donors (Lipinski definition) is 1. The fraction of sp³-hybridized carbons (Fsp3) is 0.385. The zero-order valence-electron chi connectivity index (χ0n) is 11.5. The van der Waals surface area contributed by atoms with Gasteiger partial charge in [-0.05, 0) is 17.9 Å². The fourth-order valence-electron chi connectivity index (χ4n) is 2.16. The molecule has 20 heavy (non-hydrogen) atoms. The highest BCUT2D eigenvalue weighted by atomic mass is 32.2. The predicted molar refractivity (Wildman–Crippen MR) is 82.9 cm³/mol. The van der Waals surface area contributed by atoms with Crippen LogP contribution in [0, 0.1) is 0 Å². The van der Waals surface area contributed by atoms with Gasteiger partial charge in [-0.1, -0.05) is 13.0 Å². The first-order chi connectivity index (χ1) is 9.49. The standard InChI is InChI=1S/C13H18N2O3S2/c1-3-19-8-7-15-9-12(20(14,16)17)13-10(15)5-4-6-11(13)18-2/h4-6,9H,3,7-8H2,1-2H3,(H2,14,16,17). The van der Waals surface area contributed by atoms with Crippen molar-refractivity contribution in [2.45, 2.75) is 18.4 Å². The Balaban J connectivity index is 2.61. The van der Waals surface area contributed by atoms with Crippen molar-refractivity contribution in [3.05, 3.63) is 24.4 Å². The smallest absolute Gasteiger partial charge is 0.240 e. The molecule has 0 aliphatic heterocycles. The van der Waals surface area contributed by atoms with Crippen molar-refractivity contribution >= 4 is 32.7 Å². The molecule has 2 N–H and O–H groups in total. The van der Waals surface area contributed by atoms with Crippen LogP contribution in [0.3, 0.4) is 0 Å². The van der Waals surface area contributed by atoms with Crippen LogP contribution in [0.1, 0.15) is 6.92 Å². The van der Waals surface area contributed by atoms with Crippen LogP contribution in [0.25, 0.3) is 10.9 Å². The van der Waals surface area contributed by atoms with Crippen molar-refractivity contribution in [3.63, 3.8) is 0 Å². The molecule has 0 bridgehead atoms. The van der Waals surface area contributed by atoms with Crippen LogP contribution in [-0.4, -0.2) is 31.6 Å². The lowest BCUT2D eigenvalue weighted by Crippen LogP contribution is -2.12. The minimum absolute atomic E-state index is 0.117. The number of ether oxygens (including phenoxy) is 1. The van der Waals surface area contributed by atoms with Crippen molar-refractivity contribution in [3.8, 4) is 5.75 Å². The van der Waals surface area contributed by atoms with Crippen LogP contribution in [0.4, 0.5) is 0 Å². The van der Waals surface area contributed by atoms with Crippen molar-refractivity contribution in [2.24, 2.45) is 5.14 Å². The van der Waals surface area contributed by atoms with Gasteiger partial charge in [0.05, 0.1) is 18.0 Å². The second kappa shape index (κ2) is 6.07. The second-order valence-corrected chi connectivity index (χ2v) is 7.21. The highest BCUT2D eigenvalue weighted by molar-refractivity contribution is 7.99. The zero-order chi connectivity index (χ0) is 14.8. The summed E-state index contributed by atoms with van der Waals surface area (Å²) in [5, 5.41) is 5.87. The molecule has 0 unspecified atom stereocenters. The number of fused-ring (bicyclic) bond motifs is 1. The molecule has 0 aliphatic rings. The van der Waals surface area contributed by atoms with Gasteiger partial charge < -0.3 is 9.30 Å². The number of hydrogen-bond acceptors (Lipinski definition) is 4. The molecule has 0 spiro atoms. The third-order valence-electron chi connectivity index (χ3n) is 3.04. The molecule has 2 rings (SSSR count). The number of benzene rings is 1. The maximum atomic E-state index is 11.8. The lowest BCUT2D eigenvalue weighted by Gasteiger charge is -2.06. The molecule has 0 saturated heterocycles. The van der Waals surface area contributed by atoms with Gasteiger partial charge >= 0.3 is 0 Å². The van der Waals surface area contributed by atoms with Gasteiger partial charge in [-0.2, -0.15) is 11.8 Å². The third-order valence-corrected chi connectivity index (χ3v) is 4.84. The Hall–Kier alpha value is -1.18. The van der Waals surface area contributed by atoms with Crippen LogP contribution in [0.15, 0.2) is 29.3 Å². The highest BCUT2D eigenvalue weighted by Crippen LogP contribution is 2.32. The Morgan fingerprint density at radius 3 is 2.75 bits per heavy atom. The van der Waals surface area contributed by atoms with E-state index in [1.165, 1.54) is 7.11 Å². The van der Waals surface area contributed by atoms with Gasteiger partial charge in [-0.15, -0.1) is 0 Å². The summed E-state index contributed by atoms with van der Waals surface area (Å²) >= 11 is 1.81. The molecule has 0 atom stereocenters. The molecule has 0 fully saturated rings. The second-order valence-electron chi connectivity index (χ2n) is 4.28. The summed E-state index contributed by atoms with van der Waals surface area (Å²) in [6.45, 7) is 2.83. The summed E-state index contributed by atoms with van der Waals surface area (Å²) in [7, 11) is -2.26. The van der Waals surface area contributed by atoms with E-state index in [-0.39, 0.29) is 4.90 Å². The molecule has 0 aliphatic carbocycles. The van der Waals surface area contributed by atoms with Crippen molar-refractivity contribution in [1.82, 2.24) is 4.57 Å². The maximum Gasteiger partial charge on any atom is 0.240 e. The van der Waals surface area contributed by atoms with E-state index in [0.717, 1.165) is 23.6 Å². The first-order valence-corrected chi connectivity index (χ1v) is 8.95. The zero-order valence-corrected chi connectivity index (χ0v) is 13.1. The molecule has 0 saturated carbocycles. The van der Waals surface area contributed by atoms with E-state index in [0.29, 0.717) is 11.1 Å². The molecule has 0 radical (unpaired) electrons. The van der Waals surface area contributed by atoms with Gasteiger partial charge in [-0.3, -0.25) is 0 Å². The van der Waals surface area contributed by atoms with Crippen LogP contribution >= 0.6 is 11.8 Å². The molecule has 1 aromatic carbocycles. The van der Waals surface area contributed by atoms with E-state index in [9.17, 15) is 8.42 Å². The van der Waals surface area contributed by atoms with Gasteiger partial charge in [0.15, 0.2) is 0 Å². The average molecular weight is 314 g/mol. The number of aromatic nitrogens is 1. The number of sulfonamides is 1. The lowest BCUT2D eigenvalue weighted by molar-refractivity contribution is 0.419. The summed E-state index contributed by atoms with van der Waals surface area (Å²) in [6, 6.07) is 5.46. The van der Waals surface area contributed by atoms with Gasteiger partial charge in [0, 0.05) is 18.5 Å². The minimum atomic E-state index is -3.78. The van der Waals surface area contributed by atoms with Crippen LogP contribution < -0.4 is 9.88 Å². The van der Waals surface area contributed by atoms with Gasteiger partial charge in [-0.25, -0.2) is 13.6 Å². The number of nitrogens with zero attached hydrogens (tertiary/aromatic N) is 1. The van der Waals surface area contributed by atoms with Crippen LogP contribution in [-0.2, 0) is 16.6 Å². The molecule has 5 nitrogen and oxygen atoms in total. The monoisotopic (exact) mass is 314 g/mol. The van der Waals surface area contributed by atoms with E-state index < -0.39 is 10.0 Å². The van der Waals surface area contributed by atoms with Gasteiger partial charge in [0.2, 0.25) is 10.0 Å². The molecule has 1 heterocycles. The fourth-order valence-corrected chi connectivity index (χ4v) is 3.54. The largest absolute Gasteiger partial charge is 0.496 e. The summed E-state index contributed by atoms with van der Waals surface area (Å²) in [5.74, 6) is 2.47. The third kappa shape index (κ3) is 2.94. The molecule has 1 aromatic heterocycles. The lowest BCUT2D eigenvalue weighted by atomic mass is 10.2. The number of methoxy groups -OCH3 is 1. The summed E-state index contributed by atoms with van der Waals surface area (Å²) < 4.78 is 30.7. The Bertz CT molecular complexity index is 708. The quantitative estimate of drug-likeness (QED) is 0.828. The minimum Gasteiger partial charge on any atom is -0.496 e. The number of rotatable bonds is 6. The van der Waals surface area contributed by atoms with Crippen LogP contribution in [0.2, 0.25) is 0 Å². The number of nitrogens with two attached hydrogens (primary N) is 1. The topological polar surface area (TPSA) is 74.3 Å². The van der Waals surface area contributed by atoms with E-state index >= 15 is 0 Å². The molecular weight excluding hydrogens is 296 g/mol. The van der Waals surface area contributed by atoms with E-state index in [4.69, 9.17) is 9.88 Å². The predicted octanol–water partition coefficient (Wildman–Crippen LogP) is 2.05. The molecular formula is C13H18N2O3S2. The van der Waals surface area contributed by atoms with Crippen molar-refractivity contribution < 1.29 is 13.2 Å². The van der Waals surface area contributed by atoms with E-state index in [1.54, 1.807) is 24.0 Å². The Labute approximate surface area is 123 Å². The Kier molecular flexibility index (Phi) is 4.62. The van der Waals surface area contributed by atoms with Crippen molar-refractivity contribution in [2.75, 3.05) is 18.6 Å². The molecule has 7 heteroatoms. The van der Waals surface area contributed by atoms with Crippen molar-refractivity contribution in [1.29, 1.82) is 0 Å². The Morgan fingerprint density at radius 2 is 2.15 bits per heavy atom. The molecule has 2 aromatic rings. The molecule has 0 amide bonds. The average Bonchev–Trinajstić information content (AvgIpc) is 2.78. The summed E-state index contributed by atoms with van der Waals surface area (Å²) in [6.07, 6.45) is 1.60. The SMILES string of the molecule is CCSCCn1cc(S(N)(=O)=O)c2c(OC)cccc21. The Morgan fingerprint density at radius 1 is 1.40 bits per heavy atom. The number of thioether (sulfide) groups is 1. The van der Waals surface area contributed by atoms with Gasteiger partial charge in [0.25, 0.3) is 0 Å². The van der Waals surface area contributed by atoms with E-state index in [2.05, 4.69) is 6.92 Å². The number of aryl methyl sites for hydroxylation is 1. The first kappa shape index (κ1) is 15.2. The van der Waals surface area contributed by atoms with Gasteiger partial charge in [0.1, 0.15) is 10.6 Å². The highest BCUT2D eigenvalue weighted by Gasteiger charge is 2.20. The first-order valence-electron chi connectivity index (χ1n) is 6.25. The summed E-state index contributed by atoms with van der Waals surface area (Å²) in [4.78, 5) is 0.117. The maximum absolute atomic E-state index is 11.8. The summed E-state index contributed by atoms with van der Waals surface area (Å²) in [5.41, 5.74) is 0.824. The number of primary sulfonamides is 1. The normalized spacial score (nSPS) is 11.9.